The number of quaternary nitrogens is 2. The van der Waals surface area contributed by atoms with Crippen molar-refractivity contribution in [2.24, 2.45) is 0 Å². The molecule has 2 aromatic rings. The second-order valence-corrected chi connectivity index (χ2v) is 7.66. The predicted octanol–water partition coefficient (Wildman–Crippen LogP) is -0.357. The number of nitrogens with one attached hydrogen (secondary N) is 3. The normalized spacial score (nSPS) is 18.2. The smallest absolute Gasteiger partial charge is 0.279 e. The second kappa shape index (κ2) is 10.9. The van der Waals surface area contributed by atoms with Gasteiger partial charge in [-0.3, -0.25) is 4.79 Å². The molecule has 0 bridgehead atoms. The summed E-state index contributed by atoms with van der Waals surface area (Å²) < 4.78 is 21.3. The van der Waals surface area contributed by atoms with Crippen LogP contribution in [0.2, 0.25) is 0 Å². The highest BCUT2D eigenvalue weighted by molar-refractivity contribution is 5.93. The van der Waals surface area contributed by atoms with E-state index in [4.69, 9.17) is 18.9 Å². The van der Waals surface area contributed by atoms with Crippen LogP contribution in [0.15, 0.2) is 36.4 Å². The van der Waals surface area contributed by atoms with Gasteiger partial charge in [0.15, 0.2) is 18.0 Å². The Labute approximate surface area is 183 Å². The minimum absolute atomic E-state index is 0.0232. The molecule has 3 N–H and O–H groups in total. The van der Waals surface area contributed by atoms with Crippen LogP contribution in [0, 0.1) is 0 Å². The third-order valence-corrected chi connectivity index (χ3v) is 5.66. The Balaban J connectivity index is 1.49. The lowest BCUT2D eigenvalue weighted by atomic mass is 10.1. The third-order valence-electron chi connectivity index (χ3n) is 5.66. The molecule has 1 aliphatic heterocycles. The zero-order chi connectivity index (χ0) is 22.2. The molecular formula is C23H33N3O5+2. The maximum Gasteiger partial charge on any atom is 0.279 e. The van der Waals surface area contributed by atoms with Gasteiger partial charge in [0.05, 0.1) is 34.1 Å². The number of anilines is 1. The molecule has 0 atom stereocenters. The van der Waals surface area contributed by atoms with Crippen LogP contribution in [-0.2, 0) is 11.3 Å². The van der Waals surface area contributed by atoms with Gasteiger partial charge in [0, 0.05) is 11.6 Å². The van der Waals surface area contributed by atoms with Crippen molar-refractivity contribution in [3.05, 3.63) is 42.0 Å². The number of methoxy groups -OCH3 is 4. The van der Waals surface area contributed by atoms with Crippen LogP contribution >= 0.6 is 0 Å². The highest BCUT2D eigenvalue weighted by Gasteiger charge is 2.25. The van der Waals surface area contributed by atoms with Gasteiger partial charge in [0.25, 0.3) is 5.91 Å². The average Bonchev–Trinajstić information content (AvgIpc) is 2.80. The zero-order valence-corrected chi connectivity index (χ0v) is 18.7. The van der Waals surface area contributed by atoms with E-state index in [-0.39, 0.29) is 5.91 Å². The van der Waals surface area contributed by atoms with Crippen LogP contribution in [0.5, 0.6) is 23.0 Å². The maximum absolute atomic E-state index is 12.6. The van der Waals surface area contributed by atoms with E-state index < -0.39 is 0 Å². The molecule has 8 nitrogen and oxygen atoms in total. The summed E-state index contributed by atoms with van der Waals surface area (Å²) in [6.07, 6.45) is 0. The van der Waals surface area contributed by atoms with Crippen LogP contribution in [0.1, 0.15) is 5.56 Å². The Kier molecular flexibility index (Phi) is 7.97. The summed E-state index contributed by atoms with van der Waals surface area (Å²) in [7, 11) is 6.48. The van der Waals surface area contributed by atoms with Crippen LogP contribution in [0.25, 0.3) is 0 Å². The van der Waals surface area contributed by atoms with E-state index in [2.05, 4.69) is 11.4 Å². The molecule has 1 aliphatic rings. The topological polar surface area (TPSA) is 74.9 Å². The molecule has 31 heavy (non-hydrogen) atoms. The summed E-state index contributed by atoms with van der Waals surface area (Å²) in [4.78, 5) is 15.4. The van der Waals surface area contributed by atoms with Crippen molar-refractivity contribution in [2.45, 2.75) is 6.54 Å². The number of carbonyl (C=O) groups is 1. The summed E-state index contributed by atoms with van der Waals surface area (Å²) in [6, 6.07) is 11.4. The van der Waals surface area contributed by atoms with Gasteiger partial charge in [-0.1, -0.05) is 0 Å². The van der Waals surface area contributed by atoms with E-state index in [0.717, 1.165) is 44.2 Å². The van der Waals surface area contributed by atoms with E-state index in [9.17, 15) is 4.79 Å². The van der Waals surface area contributed by atoms with E-state index in [1.807, 2.05) is 12.1 Å². The SMILES string of the molecule is COc1ccc(OC)c(NC(=O)C[NH+]2CC[NH+](Cc3ccc(OC)c(OC)c3)CC2)c1. The molecule has 0 spiro atoms. The molecular weight excluding hydrogens is 398 g/mol. The van der Waals surface area contributed by atoms with Crippen LogP contribution in [0.3, 0.4) is 0 Å². The molecule has 0 aromatic heterocycles. The number of piperazine rings is 1. The Hall–Kier alpha value is -2.97. The lowest BCUT2D eigenvalue weighted by Gasteiger charge is -2.29. The first-order valence-electron chi connectivity index (χ1n) is 10.5. The summed E-state index contributed by atoms with van der Waals surface area (Å²) in [5.74, 6) is 2.77. The first-order chi connectivity index (χ1) is 15.1. The van der Waals surface area contributed by atoms with Crippen molar-refractivity contribution < 1.29 is 33.5 Å². The van der Waals surface area contributed by atoms with E-state index >= 15 is 0 Å². The average molecular weight is 432 g/mol. The van der Waals surface area contributed by atoms with Gasteiger partial charge < -0.3 is 34.1 Å². The quantitative estimate of drug-likeness (QED) is 0.506. The maximum atomic E-state index is 12.6. The Morgan fingerprint density at radius 1 is 0.806 bits per heavy atom. The highest BCUT2D eigenvalue weighted by Crippen LogP contribution is 2.29. The fourth-order valence-electron chi connectivity index (χ4n) is 3.92. The van der Waals surface area contributed by atoms with Crippen molar-refractivity contribution in [1.82, 2.24) is 0 Å². The summed E-state index contributed by atoms with van der Waals surface area (Å²) in [6.45, 7) is 5.29. The molecule has 1 amide bonds. The summed E-state index contributed by atoms with van der Waals surface area (Å²) in [5, 5.41) is 2.96. The van der Waals surface area contributed by atoms with Gasteiger partial charge in [0.2, 0.25) is 0 Å². The third kappa shape index (κ3) is 6.02. The van der Waals surface area contributed by atoms with E-state index in [1.165, 1.54) is 15.4 Å². The van der Waals surface area contributed by atoms with Crippen molar-refractivity contribution in [2.75, 3.05) is 66.5 Å². The van der Waals surface area contributed by atoms with Crippen molar-refractivity contribution in [3.8, 4) is 23.0 Å². The standard InChI is InChI=1S/C23H31N3O5/c1-28-18-6-8-20(29-2)19(14-18)24-23(27)16-26-11-9-25(10-12-26)15-17-5-7-21(30-3)22(13-17)31-4/h5-8,13-14H,9-12,15-16H2,1-4H3,(H,24,27)/p+2. The molecule has 0 radical (unpaired) electrons. The first-order valence-corrected chi connectivity index (χ1v) is 10.5. The number of hydrogen-bond acceptors (Lipinski definition) is 5. The van der Waals surface area contributed by atoms with Gasteiger partial charge in [-0.15, -0.1) is 0 Å². The number of rotatable bonds is 9. The van der Waals surface area contributed by atoms with Crippen molar-refractivity contribution in [3.63, 3.8) is 0 Å². The summed E-state index contributed by atoms with van der Waals surface area (Å²) >= 11 is 0. The fourth-order valence-corrected chi connectivity index (χ4v) is 3.92. The second-order valence-electron chi connectivity index (χ2n) is 7.66. The molecule has 0 aliphatic carbocycles. The first kappa shape index (κ1) is 22.7. The molecule has 1 heterocycles. The number of benzene rings is 2. The van der Waals surface area contributed by atoms with E-state index in [0.29, 0.717) is 23.7 Å². The van der Waals surface area contributed by atoms with Gasteiger partial charge >= 0.3 is 0 Å². The predicted molar refractivity (Wildman–Crippen MR) is 118 cm³/mol. The molecule has 2 aromatic carbocycles. The van der Waals surface area contributed by atoms with Crippen molar-refractivity contribution in [1.29, 1.82) is 0 Å². The number of carbonyl (C=O) groups excluding carboxylic acids is 1. The molecule has 0 unspecified atom stereocenters. The minimum atomic E-state index is -0.0232. The molecule has 1 saturated heterocycles. The molecule has 3 rings (SSSR count). The Morgan fingerprint density at radius 2 is 1.45 bits per heavy atom. The molecule has 1 fully saturated rings. The monoisotopic (exact) mass is 431 g/mol. The van der Waals surface area contributed by atoms with Crippen molar-refractivity contribution >= 4 is 11.6 Å². The molecule has 8 heteroatoms. The Morgan fingerprint density at radius 3 is 2.10 bits per heavy atom. The minimum Gasteiger partial charge on any atom is -0.497 e. The van der Waals surface area contributed by atoms with Crippen LogP contribution in [-0.4, -0.2) is 67.1 Å². The summed E-state index contributed by atoms with van der Waals surface area (Å²) in [5.41, 5.74) is 1.85. The number of hydrogen-bond donors (Lipinski definition) is 3. The highest BCUT2D eigenvalue weighted by atomic mass is 16.5. The molecule has 168 valence electrons. The lowest BCUT2D eigenvalue weighted by molar-refractivity contribution is -1.02. The van der Waals surface area contributed by atoms with Crippen LogP contribution in [0.4, 0.5) is 5.69 Å². The van der Waals surface area contributed by atoms with Gasteiger partial charge in [0.1, 0.15) is 44.2 Å². The molecule has 0 saturated carbocycles. The van der Waals surface area contributed by atoms with Gasteiger partial charge in [-0.25, -0.2) is 0 Å². The fraction of sp³-hybridized carbons (Fsp3) is 0.435. The van der Waals surface area contributed by atoms with Crippen LogP contribution < -0.4 is 34.1 Å². The Bertz CT molecular complexity index is 882. The lowest BCUT2D eigenvalue weighted by Crippen LogP contribution is -3.28. The zero-order valence-electron chi connectivity index (χ0n) is 18.7. The number of ether oxygens (including phenoxy) is 4. The number of amides is 1. The largest absolute Gasteiger partial charge is 0.497 e. The van der Waals surface area contributed by atoms with Gasteiger partial charge in [-0.05, 0) is 30.3 Å². The van der Waals surface area contributed by atoms with E-state index in [1.54, 1.807) is 46.6 Å². The van der Waals surface area contributed by atoms with Gasteiger partial charge in [-0.2, -0.15) is 0 Å².